The van der Waals surface area contributed by atoms with Gasteiger partial charge in [-0.3, -0.25) is 29.5 Å². The van der Waals surface area contributed by atoms with Crippen molar-refractivity contribution in [3.63, 3.8) is 0 Å². The Bertz CT molecular complexity index is 2460. The van der Waals surface area contributed by atoms with Crippen LogP contribution < -0.4 is 25.8 Å². The number of hydrogen-bond donors (Lipinski definition) is 4. The Labute approximate surface area is 361 Å². The molecule has 5 aliphatic rings. The molecule has 3 amide bonds. The SMILES string of the molecule is N#Cc1ccc(N2CCc3c(ncnc3Nc3ccc(C(=O)NC4CCC(CN5CCN(c6cc7c(cc6F)C(O)N(C6CCC(=O)NC6=O)C7)CC5)CC4)c(F)n3)C2)nc1Cl. The third kappa shape index (κ3) is 8.49. The van der Waals surface area contributed by atoms with Crippen LogP contribution in [0.2, 0.25) is 5.15 Å². The molecule has 0 spiro atoms. The Hall–Kier alpha value is -5.87. The number of imide groups is 1. The standard InChI is InChI=1S/C43H45ClF2N12O4/c44-38-25(19-47)3-9-36(53-38)57-12-11-28-32(22-57)48-23-49-40(28)52-35-8-6-29(39(46)51-35)41(60)50-27-4-1-24(2-5-27)20-55-13-15-56(16-14-55)34-17-26-21-58(43(62)30(26)18-31(34)45)33-7-10-37(59)54-42(33)61/h3,6,8-9,17-18,23-24,27,33,43,62H,1-2,4-5,7,10-16,20-22H2,(H,50,60)(H,54,59,61)(H,48,49,51,52). The summed E-state index contributed by atoms with van der Waals surface area (Å²) in [5.41, 5.74) is 3.50. The highest BCUT2D eigenvalue weighted by atomic mass is 35.5. The summed E-state index contributed by atoms with van der Waals surface area (Å²) in [4.78, 5) is 62.6. The van der Waals surface area contributed by atoms with E-state index in [1.54, 1.807) is 29.2 Å². The molecule has 4 N–H and O–H groups in total. The van der Waals surface area contributed by atoms with Gasteiger partial charge in [-0.1, -0.05) is 11.6 Å². The number of aliphatic hydroxyl groups excluding tert-OH is 1. The molecule has 1 saturated carbocycles. The van der Waals surface area contributed by atoms with Crippen LogP contribution >= 0.6 is 11.6 Å². The van der Waals surface area contributed by atoms with E-state index in [0.29, 0.717) is 79.9 Å². The first-order chi connectivity index (χ1) is 30.0. The van der Waals surface area contributed by atoms with Gasteiger partial charge in [0.25, 0.3) is 5.91 Å². The molecule has 19 heteroatoms. The van der Waals surface area contributed by atoms with Crippen molar-refractivity contribution in [2.24, 2.45) is 5.92 Å². The van der Waals surface area contributed by atoms with Gasteiger partial charge in [-0.2, -0.15) is 9.65 Å². The molecule has 2 unspecified atom stereocenters. The normalized spacial score (nSPS) is 23.0. The van der Waals surface area contributed by atoms with Gasteiger partial charge in [0, 0.05) is 69.4 Å². The van der Waals surface area contributed by atoms with Crippen molar-refractivity contribution in [2.75, 3.05) is 54.4 Å². The minimum atomic E-state index is -1.12. The van der Waals surface area contributed by atoms with Crippen LogP contribution in [0.1, 0.15) is 83.1 Å². The second-order valence-corrected chi connectivity index (χ2v) is 17.0. The lowest BCUT2D eigenvalue weighted by atomic mass is 9.85. The van der Waals surface area contributed by atoms with Crippen LogP contribution in [0.25, 0.3) is 0 Å². The summed E-state index contributed by atoms with van der Waals surface area (Å²) >= 11 is 6.16. The average molecular weight is 867 g/mol. The molecule has 1 aromatic carbocycles. The summed E-state index contributed by atoms with van der Waals surface area (Å²) in [5, 5.41) is 28.7. The number of piperazine rings is 1. The predicted octanol–water partition coefficient (Wildman–Crippen LogP) is 4.10. The third-order valence-corrected chi connectivity index (χ3v) is 13.1. The molecule has 3 aromatic heterocycles. The molecule has 0 bridgehead atoms. The van der Waals surface area contributed by atoms with Gasteiger partial charge in [-0.15, -0.1) is 0 Å². The van der Waals surface area contributed by atoms with Gasteiger partial charge in [-0.05, 0) is 86.4 Å². The predicted molar refractivity (Wildman–Crippen MR) is 223 cm³/mol. The number of aromatic nitrogens is 4. The zero-order chi connectivity index (χ0) is 43.1. The number of fused-ring (bicyclic) bond motifs is 2. The molecular formula is C43H45ClF2N12O4. The highest BCUT2D eigenvalue weighted by Gasteiger charge is 2.41. The zero-order valence-electron chi connectivity index (χ0n) is 33.8. The van der Waals surface area contributed by atoms with E-state index in [9.17, 15) is 24.8 Å². The number of carbonyl (C=O) groups excluding carboxylic acids is 3. The van der Waals surface area contributed by atoms with Crippen molar-refractivity contribution >= 4 is 52.5 Å². The zero-order valence-corrected chi connectivity index (χ0v) is 34.5. The Balaban J connectivity index is 0.730. The number of rotatable bonds is 9. The lowest BCUT2D eigenvalue weighted by Crippen LogP contribution is -2.51. The summed E-state index contributed by atoms with van der Waals surface area (Å²) in [6.07, 6.45) is 4.76. The number of benzene rings is 1. The average Bonchev–Trinajstić information content (AvgIpc) is 3.58. The molecule has 2 saturated heterocycles. The summed E-state index contributed by atoms with van der Waals surface area (Å²) in [6, 6.07) is 10.8. The first-order valence-corrected chi connectivity index (χ1v) is 21.3. The maximum absolute atomic E-state index is 15.5. The first kappa shape index (κ1) is 41.5. The number of aliphatic hydroxyl groups is 1. The van der Waals surface area contributed by atoms with Crippen molar-refractivity contribution in [2.45, 2.75) is 76.3 Å². The maximum Gasteiger partial charge on any atom is 0.256 e. The number of hydrogen-bond acceptors (Lipinski definition) is 14. The van der Waals surface area contributed by atoms with E-state index in [1.165, 1.54) is 18.5 Å². The molecule has 16 nitrogen and oxygen atoms in total. The van der Waals surface area contributed by atoms with Crippen LogP contribution in [0.15, 0.2) is 42.7 Å². The summed E-state index contributed by atoms with van der Waals surface area (Å²) < 4.78 is 30.8. The minimum absolute atomic E-state index is 0.0809. The Morgan fingerprint density at radius 1 is 0.952 bits per heavy atom. The highest BCUT2D eigenvalue weighted by Crippen LogP contribution is 2.39. The van der Waals surface area contributed by atoms with Crippen LogP contribution in [-0.2, 0) is 29.1 Å². The second kappa shape index (κ2) is 17.5. The van der Waals surface area contributed by atoms with Gasteiger partial charge in [0.2, 0.25) is 17.8 Å². The van der Waals surface area contributed by atoms with Crippen LogP contribution in [0.5, 0.6) is 0 Å². The Morgan fingerprint density at radius 3 is 2.50 bits per heavy atom. The molecule has 62 heavy (non-hydrogen) atoms. The van der Waals surface area contributed by atoms with Gasteiger partial charge in [-0.25, -0.2) is 24.3 Å². The minimum Gasteiger partial charge on any atom is -0.374 e. The maximum atomic E-state index is 15.5. The largest absolute Gasteiger partial charge is 0.374 e. The first-order valence-electron chi connectivity index (χ1n) is 21.0. The van der Waals surface area contributed by atoms with E-state index in [1.807, 2.05) is 15.9 Å². The van der Waals surface area contributed by atoms with Gasteiger partial charge < -0.3 is 25.5 Å². The van der Waals surface area contributed by atoms with E-state index < -0.39 is 35.8 Å². The molecule has 0 radical (unpaired) electrons. The molecule has 7 heterocycles. The number of anilines is 4. The smallest absolute Gasteiger partial charge is 0.256 e. The van der Waals surface area contributed by atoms with Crippen molar-refractivity contribution in [3.05, 3.63) is 93.2 Å². The van der Waals surface area contributed by atoms with Gasteiger partial charge in [0.1, 0.15) is 47.0 Å². The molecule has 3 fully saturated rings. The summed E-state index contributed by atoms with van der Waals surface area (Å²) in [5.74, 6) is -0.787. The molecule has 9 rings (SSSR count). The Kier molecular flexibility index (Phi) is 11.7. The number of pyridine rings is 2. The molecule has 1 aliphatic carbocycles. The fraction of sp³-hybridized carbons (Fsp3) is 0.442. The number of halogens is 3. The van der Waals surface area contributed by atoms with E-state index in [0.717, 1.165) is 62.1 Å². The van der Waals surface area contributed by atoms with Gasteiger partial charge in [0.15, 0.2) is 0 Å². The van der Waals surface area contributed by atoms with Crippen molar-refractivity contribution in [1.29, 1.82) is 5.26 Å². The molecule has 2 atom stereocenters. The lowest BCUT2D eigenvalue weighted by molar-refractivity contribution is -0.141. The van der Waals surface area contributed by atoms with Crippen molar-refractivity contribution in [1.82, 2.24) is 40.4 Å². The number of nitrogens with one attached hydrogen (secondary N) is 3. The highest BCUT2D eigenvalue weighted by molar-refractivity contribution is 6.30. The van der Waals surface area contributed by atoms with Crippen LogP contribution in [0.3, 0.4) is 0 Å². The van der Waals surface area contributed by atoms with Gasteiger partial charge >= 0.3 is 0 Å². The quantitative estimate of drug-likeness (QED) is 0.139. The second-order valence-electron chi connectivity index (χ2n) is 16.6. The fourth-order valence-electron chi connectivity index (χ4n) is 9.41. The molecule has 322 valence electrons. The van der Waals surface area contributed by atoms with Crippen molar-refractivity contribution in [3.8, 4) is 6.07 Å². The number of piperidine rings is 1. The summed E-state index contributed by atoms with van der Waals surface area (Å²) in [6.45, 7) is 5.04. The van der Waals surface area contributed by atoms with E-state index in [-0.39, 0.29) is 34.9 Å². The van der Waals surface area contributed by atoms with Crippen LogP contribution in [-0.4, -0.2) is 104 Å². The number of amides is 3. The van der Waals surface area contributed by atoms with Crippen molar-refractivity contribution < 1.29 is 28.3 Å². The lowest BCUT2D eigenvalue weighted by Gasteiger charge is -2.39. The van der Waals surface area contributed by atoms with Gasteiger partial charge in [0.05, 0.1) is 35.1 Å². The molecular weight excluding hydrogens is 822 g/mol. The third-order valence-electron chi connectivity index (χ3n) is 12.8. The molecule has 4 aliphatic heterocycles. The van der Waals surface area contributed by atoms with E-state index in [4.69, 9.17) is 11.6 Å². The van der Waals surface area contributed by atoms with E-state index in [2.05, 4.69) is 40.8 Å². The molecule has 4 aromatic rings. The Morgan fingerprint density at radius 2 is 1.76 bits per heavy atom. The van der Waals surface area contributed by atoms with Crippen LogP contribution in [0, 0.1) is 29.0 Å². The number of nitriles is 1. The number of carbonyl (C=O) groups is 3. The summed E-state index contributed by atoms with van der Waals surface area (Å²) in [7, 11) is 0. The monoisotopic (exact) mass is 866 g/mol. The number of nitrogens with zero attached hydrogens (tertiary/aromatic N) is 9. The fourth-order valence-corrected chi connectivity index (χ4v) is 9.60. The topological polar surface area (TPSA) is 196 Å². The van der Waals surface area contributed by atoms with Crippen LogP contribution in [0.4, 0.5) is 31.9 Å². The van der Waals surface area contributed by atoms with E-state index >= 15 is 8.78 Å².